The summed E-state index contributed by atoms with van der Waals surface area (Å²) >= 11 is 0. The molecule has 88 valence electrons. The number of carbonyl (C=O) groups is 1. The van der Waals surface area contributed by atoms with Crippen molar-refractivity contribution < 1.29 is 4.79 Å². The molecule has 1 heterocycles. The topological polar surface area (TPSA) is 44.1 Å². The number of hydrogen-bond acceptors (Lipinski definition) is 2. The Balaban J connectivity index is 2.17. The third-order valence-electron chi connectivity index (χ3n) is 3.16. The molecular weight excluding hydrogens is 212 g/mol. The summed E-state index contributed by atoms with van der Waals surface area (Å²) in [7, 11) is 0. The summed E-state index contributed by atoms with van der Waals surface area (Å²) in [5.41, 5.74) is 3.44. The number of benzene rings is 1. The van der Waals surface area contributed by atoms with Gasteiger partial charge < -0.3 is 4.90 Å². The van der Waals surface area contributed by atoms with Crippen molar-refractivity contribution in [3.8, 4) is 6.07 Å². The standard InChI is InChI=1S/C14H16N2O/c1-2-11-5-6-13-12(9-11)10-14(17)16(13)8-4-3-7-15/h5-6,9H,2-4,8,10H2,1H3. The lowest BCUT2D eigenvalue weighted by atomic mass is 10.1. The van der Waals surface area contributed by atoms with Crippen molar-refractivity contribution in [2.75, 3.05) is 11.4 Å². The van der Waals surface area contributed by atoms with Crippen LogP contribution in [0.15, 0.2) is 18.2 Å². The lowest BCUT2D eigenvalue weighted by molar-refractivity contribution is -0.117. The largest absolute Gasteiger partial charge is 0.312 e. The quantitative estimate of drug-likeness (QED) is 0.743. The predicted molar refractivity (Wildman–Crippen MR) is 66.7 cm³/mol. The van der Waals surface area contributed by atoms with Gasteiger partial charge in [-0.3, -0.25) is 4.79 Å². The summed E-state index contributed by atoms with van der Waals surface area (Å²) in [5, 5.41) is 8.52. The van der Waals surface area contributed by atoms with Gasteiger partial charge in [0.2, 0.25) is 5.91 Å². The van der Waals surface area contributed by atoms with E-state index in [1.807, 2.05) is 11.0 Å². The first-order chi connectivity index (χ1) is 8.26. The minimum absolute atomic E-state index is 0.159. The number of carbonyl (C=O) groups excluding carboxylic acids is 1. The van der Waals surface area contributed by atoms with Gasteiger partial charge in [0.25, 0.3) is 0 Å². The van der Waals surface area contributed by atoms with Gasteiger partial charge in [-0.25, -0.2) is 0 Å². The summed E-state index contributed by atoms with van der Waals surface area (Å²) in [4.78, 5) is 13.7. The molecule has 1 aliphatic rings. The van der Waals surface area contributed by atoms with E-state index in [2.05, 4.69) is 25.1 Å². The lowest BCUT2D eigenvalue weighted by Crippen LogP contribution is -2.27. The van der Waals surface area contributed by atoms with Crippen molar-refractivity contribution in [1.82, 2.24) is 0 Å². The maximum Gasteiger partial charge on any atom is 0.231 e. The molecule has 0 fully saturated rings. The molecule has 0 saturated carbocycles. The van der Waals surface area contributed by atoms with Gasteiger partial charge >= 0.3 is 0 Å². The van der Waals surface area contributed by atoms with E-state index in [9.17, 15) is 4.79 Å². The maximum atomic E-state index is 11.9. The van der Waals surface area contributed by atoms with Crippen molar-refractivity contribution in [2.24, 2.45) is 0 Å². The van der Waals surface area contributed by atoms with Crippen molar-refractivity contribution in [1.29, 1.82) is 5.26 Å². The lowest BCUT2D eigenvalue weighted by Gasteiger charge is -2.16. The van der Waals surface area contributed by atoms with E-state index in [0.717, 1.165) is 24.1 Å². The van der Waals surface area contributed by atoms with E-state index >= 15 is 0 Å². The second-order valence-electron chi connectivity index (χ2n) is 4.30. The number of rotatable bonds is 4. The normalized spacial score (nSPS) is 13.6. The fourth-order valence-electron chi connectivity index (χ4n) is 2.22. The fourth-order valence-corrected chi connectivity index (χ4v) is 2.22. The smallest absolute Gasteiger partial charge is 0.231 e. The molecule has 1 aromatic carbocycles. The first-order valence-corrected chi connectivity index (χ1v) is 6.05. The van der Waals surface area contributed by atoms with Crippen LogP contribution in [0, 0.1) is 11.3 Å². The van der Waals surface area contributed by atoms with Gasteiger partial charge in [-0.2, -0.15) is 5.26 Å². The number of unbranched alkanes of at least 4 members (excludes halogenated alkanes) is 1. The van der Waals surface area contributed by atoms with Crippen LogP contribution < -0.4 is 4.90 Å². The van der Waals surface area contributed by atoms with Crippen LogP contribution in [0.3, 0.4) is 0 Å². The van der Waals surface area contributed by atoms with Crippen LogP contribution in [0.25, 0.3) is 0 Å². The number of nitrogens with zero attached hydrogens (tertiary/aromatic N) is 2. The number of amides is 1. The highest BCUT2D eigenvalue weighted by molar-refractivity contribution is 6.01. The highest BCUT2D eigenvalue weighted by Gasteiger charge is 2.26. The van der Waals surface area contributed by atoms with Gasteiger partial charge in [-0.1, -0.05) is 19.1 Å². The summed E-state index contributed by atoms with van der Waals surface area (Å²) < 4.78 is 0. The summed E-state index contributed by atoms with van der Waals surface area (Å²) in [6.45, 7) is 2.77. The zero-order chi connectivity index (χ0) is 12.3. The number of fused-ring (bicyclic) bond motifs is 1. The van der Waals surface area contributed by atoms with Crippen molar-refractivity contribution in [3.63, 3.8) is 0 Å². The molecule has 0 unspecified atom stereocenters. The van der Waals surface area contributed by atoms with E-state index in [1.165, 1.54) is 5.56 Å². The molecule has 2 rings (SSSR count). The van der Waals surface area contributed by atoms with Crippen LogP contribution >= 0.6 is 0 Å². The number of hydrogen-bond donors (Lipinski definition) is 0. The van der Waals surface area contributed by atoms with Gasteiger partial charge in [0.15, 0.2) is 0 Å². The van der Waals surface area contributed by atoms with Gasteiger partial charge in [-0.15, -0.1) is 0 Å². The van der Waals surface area contributed by atoms with Crippen LogP contribution in [-0.4, -0.2) is 12.5 Å². The summed E-state index contributed by atoms with van der Waals surface area (Å²) in [6.07, 6.45) is 2.76. The van der Waals surface area contributed by atoms with Gasteiger partial charge in [0, 0.05) is 18.7 Å². The second kappa shape index (κ2) is 5.01. The third kappa shape index (κ3) is 2.31. The summed E-state index contributed by atoms with van der Waals surface area (Å²) in [5.74, 6) is 0.159. The molecule has 0 radical (unpaired) electrons. The number of nitriles is 1. The highest BCUT2D eigenvalue weighted by Crippen LogP contribution is 2.30. The average Bonchev–Trinajstić information content (AvgIpc) is 2.65. The molecule has 0 spiro atoms. The van der Waals surface area contributed by atoms with E-state index in [1.54, 1.807) is 0 Å². The van der Waals surface area contributed by atoms with Crippen LogP contribution in [0.5, 0.6) is 0 Å². The Kier molecular flexibility index (Phi) is 3.43. The van der Waals surface area contributed by atoms with E-state index in [0.29, 0.717) is 19.4 Å². The molecular formula is C14H16N2O. The first-order valence-electron chi connectivity index (χ1n) is 6.05. The Morgan fingerprint density at radius 2 is 2.29 bits per heavy atom. The van der Waals surface area contributed by atoms with Crippen LogP contribution in [0.2, 0.25) is 0 Å². The zero-order valence-electron chi connectivity index (χ0n) is 10.1. The fraction of sp³-hybridized carbons (Fsp3) is 0.429. The maximum absolute atomic E-state index is 11.9. The monoisotopic (exact) mass is 228 g/mol. The molecule has 3 heteroatoms. The zero-order valence-corrected chi connectivity index (χ0v) is 10.1. The van der Waals surface area contributed by atoms with Crippen molar-refractivity contribution >= 4 is 11.6 Å². The highest BCUT2D eigenvalue weighted by atomic mass is 16.2. The average molecular weight is 228 g/mol. The Labute approximate surface area is 102 Å². The second-order valence-corrected chi connectivity index (χ2v) is 4.30. The Morgan fingerprint density at radius 1 is 1.47 bits per heavy atom. The molecule has 1 aromatic rings. The first kappa shape index (κ1) is 11.7. The number of aryl methyl sites for hydroxylation is 1. The Bertz CT molecular complexity index is 474. The summed E-state index contributed by atoms with van der Waals surface area (Å²) in [6, 6.07) is 8.34. The molecule has 1 amide bonds. The molecule has 3 nitrogen and oxygen atoms in total. The van der Waals surface area contributed by atoms with Gasteiger partial charge in [0.05, 0.1) is 12.5 Å². The van der Waals surface area contributed by atoms with E-state index in [4.69, 9.17) is 5.26 Å². The van der Waals surface area contributed by atoms with Gasteiger partial charge in [-0.05, 0) is 30.0 Å². The molecule has 17 heavy (non-hydrogen) atoms. The molecule has 1 aliphatic heterocycles. The molecule has 0 N–H and O–H groups in total. The number of anilines is 1. The predicted octanol–water partition coefficient (Wildman–Crippen LogP) is 2.44. The van der Waals surface area contributed by atoms with Crippen LogP contribution in [-0.2, 0) is 17.6 Å². The molecule has 0 atom stereocenters. The van der Waals surface area contributed by atoms with Crippen molar-refractivity contribution in [3.05, 3.63) is 29.3 Å². The van der Waals surface area contributed by atoms with Crippen LogP contribution in [0.4, 0.5) is 5.69 Å². The minimum atomic E-state index is 0.159. The Hall–Kier alpha value is -1.82. The third-order valence-corrected chi connectivity index (χ3v) is 3.16. The molecule has 0 aromatic heterocycles. The van der Waals surface area contributed by atoms with E-state index in [-0.39, 0.29) is 5.91 Å². The molecule has 0 bridgehead atoms. The SMILES string of the molecule is CCc1ccc2c(c1)CC(=O)N2CCCC#N. The van der Waals surface area contributed by atoms with Crippen molar-refractivity contribution in [2.45, 2.75) is 32.6 Å². The minimum Gasteiger partial charge on any atom is -0.312 e. The molecule has 0 saturated heterocycles. The Morgan fingerprint density at radius 3 is 3.00 bits per heavy atom. The molecule has 0 aliphatic carbocycles. The van der Waals surface area contributed by atoms with Crippen LogP contribution in [0.1, 0.15) is 30.9 Å². The van der Waals surface area contributed by atoms with E-state index < -0.39 is 0 Å². The van der Waals surface area contributed by atoms with Gasteiger partial charge in [0.1, 0.15) is 0 Å².